The minimum Gasteiger partial charge on any atom is -0.480 e. The first-order chi connectivity index (χ1) is 8.63. The Morgan fingerprint density at radius 3 is 2.61 bits per heavy atom. The summed E-state index contributed by atoms with van der Waals surface area (Å²) in [5.41, 5.74) is 0. The summed E-state index contributed by atoms with van der Waals surface area (Å²) in [4.78, 5) is 24.9. The van der Waals surface area contributed by atoms with Gasteiger partial charge in [0.15, 0.2) is 0 Å². The van der Waals surface area contributed by atoms with Gasteiger partial charge in [-0.2, -0.15) is 11.8 Å². The number of amides is 1. The quantitative estimate of drug-likeness (QED) is 0.685. The molecule has 1 saturated heterocycles. The molecule has 2 N–H and O–H groups in total. The molecule has 0 spiro atoms. The number of likely N-dealkylation sites (tertiary alicyclic amines) is 1. The summed E-state index contributed by atoms with van der Waals surface area (Å²) in [6.07, 6.45) is 5.20. The number of thioether (sulfide) groups is 1. The van der Waals surface area contributed by atoms with Gasteiger partial charge < -0.3 is 15.3 Å². The molecular formula is C12H22N2O3S. The maximum atomic E-state index is 11.7. The molecule has 1 atom stereocenters. The molecule has 0 aliphatic carbocycles. The number of carboxylic acids is 1. The number of hydrogen-bond acceptors (Lipinski definition) is 4. The van der Waals surface area contributed by atoms with E-state index in [9.17, 15) is 9.59 Å². The summed E-state index contributed by atoms with van der Waals surface area (Å²) < 4.78 is 0. The number of carbonyl (C=O) groups excluding carboxylic acids is 1. The first-order valence-corrected chi connectivity index (χ1v) is 7.76. The Hall–Kier alpha value is -0.750. The standard InChI is InChI=1S/C12H22N2O3S/c1-18-9-5-10(12(16)17)13-11(15)4-8-14-6-2-3-7-14/h10H,2-9H2,1H3,(H,13,15)(H,16,17)/t10-/m1/s1. The largest absolute Gasteiger partial charge is 0.480 e. The van der Waals surface area contributed by atoms with Gasteiger partial charge in [-0.3, -0.25) is 4.79 Å². The molecule has 1 aliphatic rings. The second-order valence-electron chi connectivity index (χ2n) is 4.54. The fraction of sp³-hybridized carbons (Fsp3) is 0.833. The third-order valence-corrected chi connectivity index (χ3v) is 3.74. The molecule has 18 heavy (non-hydrogen) atoms. The summed E-state index contributed by atoms with van der Waals surface area (Å²) in [7, 11) is 0. The second-order valence-corrected chi connectivity index (χ2v) is 5.52. The lowest BCUT2D eigenvalue weighted by atomic mass is 10.2. The Bertz CT molecular complexity index is 280. The molecular weight excluding hydrogens is 252 g/mol. The third-order valence-electron chi connectivity index (χ3n) is 3.10. The molecule has 0 aromatic heterocycles. The second kappa shape index (κ2) is 8.37. The van der Waals surface area contributed by atoms with E-state index in [1.54, 1.807) is 11.8 Å². The number of nitrogens with zero attached hydrogens (tertiary/aromatic N) is 1. The molecule has 5 nitrogen and oxygen atoms in total. The van der Waals surface area contributed by atoms with Gasteiger partial charge in [0, 0.05) is 13.0 Å². The number of hydrogen-bond donors (Lipinski definition) is 2. The molecule has 0 radical (unpaired) electrons. The van der Waals surface area contributed by atoms with Crippen molar-refractivity contribution in [2.75, 3.05) is 31.6 Å². The van der Waals surface area contributed by atoms with Crippen LogP contribution in [0, 0.1) is 0 Å². The predicted molar refractivity (Wildman–Crippen MR) is 72.9 cm³/mol. The molecule has 1 heterocycles. The van der Waals surface area contributed by atoms with E-state index < -0.39 is 12.0 Å². The van der Waals surface area contributed by atoms with Gasteiger partial charge in [-0.05, 0) is 44.4 Å². The zero-order valence-corrected chi connectivity index (χ0v) is 11.7. The number of nitrogens with one attached hydrogen (secondary N) is 1. The molecule has 6 heteroatoms. The van der Waals surface area contributed by atoms with Gasteiger partial charge in [0.25, 0.3) is 0 Å². The van der Waals surface area contributed by atoms with Crippen molar-refractivity contribution in [3.8, 4) is 0 Å². The van der Waals surface area contributed by atoms with Crippen LogP contribution in [0.5, 0.6) is 0 Å². The van der Waals surface area contributed by atoms with Crippen molar-refractivity contribution in [3.63, 3.8) is 0 Å². The summed E-state index contributed by atoms with van der Waals surface area (Å²) in [5.74, 6) is -0.363. The number of carboxylic acid groups (broad SMARTS) is 1. The van der Waals surface area contributed by atoms with E-state index in [1.807, 2.05) is 6.26 Å². The highest BCUT2D eigenvalue weighted by Gasteiger charge is 2.20. The van der Waals surface area contributed by atoms with Gasteiger partial charge in [-0.25, -0.2) is 4.79 Å². The molecule has 104 valence electrons. The number of rotatable bonds is 8. The lowest BCUT2D eigenvalue weighted by Gasteiger charge is -2.16. The highest BCUT2D eigenvalue weighted by molar-refractivity contribution is 7.98. The monoisotopic (exact) mass is 274 g/mol. The molecule has 0 aromatic carbocycles. The van der Waals surface area contributed by atoms with Crippen molar-refractivity contribution in [2.24, 2.45) is 0 Å². The van der Waals surface area contributed by atoms with Gasteiger partial charge in [-0.1, -0.05) is 0 Å². The van der Waals surface area contributed by atoms with Crippen molar-refractivity contribution in [3.05, 3.63) is 0 Å². The van der Waals surface area contributed by atoms with Crippen LogP contribution in [-0.4, -0.2) is 59.6 Å². The molecule has 0 aromatic rings. The molecule has 1 amide bonds. The maximum Gasteiger partial charge on any atom is 0.326 e. The first-order valence-electron chi connectivity index (χ1n) is 6.37. The van der Waals surface area contributed by atoms with Gasteiger partial charge >= 0.3 is 5.97 Å². The van der Waals surface area contributed by atoms with Gasteiger partial charge in [-0.15, -0.1) is 0 Å². The van der Waals surface area contributed by atoms with Crippen molar-refractivity contribution in [2.45, 2.75) is 31.7 Å². The molecule has 1 rings (SSSR count). The number of carbonyl (C=O) groups is 2. The van der Waals surface area contributed by atoms with E-state index in [2.05, 4.69) is 10.2 Å². The van der Waals surface area contributed by atoms with Crippen molar-refractivity contribution < 1.29 is 14.7 Å². The minimum absolute atomic E-state index is 0.157. The van der Waals surface area contributed by atoms with Crippen LogP contribution in [0.25, 0.3) is 0 Å². The summed E-state index contributed by atoms with van der Waals surface area (Å²) in [5, 5.41) is 11.6. The van der Waals surface area contributed by atoms with Crippen LogP contribution in [0.15, 0.2) is 0 Å². The van der Waals surface area contributed by atoms with Crippen molar-refractivity contribution in [1.29, 1.82) is 0 Å². The van der Waals surface area contributed by atoms with Crippen LogP contribution in [0.3, 0.4) is 0 Å². The molecule has 0 bridgehead atoms. The van der Waals surface area contributed by atoms with Crippen molar-refractivity contribution >= 4 is 23.6 Å². The van der Waals surface area contributed by atoms with E-state index >= 15 is 0 Å². The van der Waals surface area contributed by atoms with Crippen LogP contribution >= 0.6 is 11.8 Å². The average Bonchev–Trinajstić information content (AvgIpc) is 2.84. The van der Waals surface area contributed by atoms with Crippen LogP contribution in [0.1, 0.15) is 25.7 Å². The fourth-order valence-electron chi connectivity index (χ4n) is 2.03. The smallest absolute Gasteiger partial charge is 0.326 e. The van der Waals surface area contributed by atoms with Gasteiger partial charge in [0.1, 0.15) is 6.04 Å². The summed E-state index contributed by atoms with van der Waals surface area (Å²) in [6.45, 7) is 2.85. The Morgan fingerprint density at radius 2 is 2.06 bits per heavy atom. The molecule has 1 fully saturated rings. The lowest BCUT2D eigenvalue weighted by Crippen LogP contribution is -2.42. The first kappa shape index (κ1) is 15.3. The highest BCUT2D eigenvalue weighted by Crippen LogP contribution is 2.07. The highest BCUT2D eigenvalue weighted by atomic mass is 32.2. The zero-order chi connectivity index (χ0) is 13.4. The van der Waals surface area contributed by atoms with Crippen LogP contribution in [0.2, 0.25) is 0 Å². The zero-order valence-electron chi connectivity index (χ0n) is 10.9. The van der Waals surface area contributed by atoms with Gasteiger partial charge in [0.2, 0.25) is 5.91 Å². The van der Waals surface area contributed by atoms with E-state index in [1.165, 1.54) is 12.8 Å². The maximum absolute atomic E-state index is 11.7. The van der Waals surface area contributed by atoms with Crippen molar-refractivity contribution in [1.82, 2.24) is 10.2 Å². The SMILES string of the molecule is CSCC[C@@H](NC(=O)CCN1CCCC1)C(=O)O. The Labute approximate surface area is 112 Å². The van der Waals surface area contributed by atoms with Crippen LogP contribution in [-0.2, 0) is 9.59 Å². The van der Waals surface area contributed by atoms with Crippen LogP contribution in [0.4, 0.5) is 0 Å². The predicted octanol–water partition coefficient (Wildman–Crippen LogP) is 0.795. The Kier molecular flexibility index (Phi) is 7.12. The van der Waals surface area contributed by atoms with E-state index in [4.69, 9.17) is 5.11 Å². The third kappa shape index (κ3) is 5.73. The minimum atomic E-state index is -0.946. The molecule has 0 unspecified atom stereocenters. The summed E-state index contributed by atoms with van der Waals surface area (Å²) in [6, 6.07) is -0.747. The molecule has 1 aliphatic heterocycles. The van der Waals surface area contributed by atoms with Gasteiger partial charge in [0.05, 0.1) is 0 Å². The van der Waals surface area contributed by atoms with E-state index in [0.29, 0.717) is 12.8 Å². The van der Waals surface area contributed by atoms with E-state index in [0.717, 1.165) is 25.4 Å². The average molecular weight is 274 g/mol. The summed E-state index contributed by atoms with van der Waals surface area (Å²) >= 11 is 1.59. The number of aliphatic carboxylic acids is 1. The Morgan fingerprint density at radius 1 is 1.39 bits per heavy atom. The normalized spacial score (nSPS) is 17.6. The fourth-order valence-corrected chi connectivity index (χ4v) is 2.50. The lowest BCUT2D eigenvalue weighted by molar-refractivity contribution is -0.141. The van der Waals surface area contributed by atoms with E-state index in [-0.39, 0.29) is 5.91 Å². The Balaban J connectivity index is 2.24. The molecule has 0 saturated carbocycles. The topological polar surface area (TPSA) is 69.6 Å². The van der Waals surface area contributed by atoms with Crippen LogP contribution < -0.4 is 5.32 Å².